The van der Waals surface area contributed by atoms with Crippen molar-refractivity contribution in [3.8, 4) is 0 Å². The fourth-order valence-corrected chi connectivity index (χ4v) is 2.73. The van der Waals surface area contributed by atoms with Gasteiger partial charge in [0.15, 0.2) is 0 Å². The van der Waals surface area contributed by atoms with E-state index in [2.05, 4.69) is 12.2 Å². The Balaban J connectivity index is 2.20. The Hall–Kier alpha value is -0.770. The van der Waals surface area contributed by atoms with Crippen LogP contribution in [0.5, 0.6) is 0 Å². The summed E-state index contributed by atoms with van der Waals surface area (Å²) in [7, 11) is 0. The maximum Gasteiger partial charge on any atom is 0.410 e. The Morgan fingerprint density at radius 2 is 1.95 bits per heavy atom. The lowest BCUT2D eigenvalue weighted by molar-refractivity contribution is 0.0226. The summed E-state index contributed by atoms with van der Waals surface area (Å²) >= 11 is 0. The normalized spacial score (nSPS) is 19.0. The minimum absolute atomic E-state index is 0.158. The molecule has 1 unspecified atom stereocenters. The first-order valence-corrected chi connectivity index (χ1v) is 8.64. The number of carbonyl (C=O) groups excluding carboxylic acids is 1. The number of rotatable bonds is 8. The highest BCUT2D eigenvalue weighted by atomic mass is 16.6. The van der Waals surface area contributed by atoms with Crippen LogP contribution in [0.1, 0.15) is 72.6 Å². The van der Waals surface area contributed by atoms with Crippen molar-refractivity contribution in [1.82, 2.24) is 10.2 Å². The average molecular weight is 298 g/mol. The van der Waals surface area contributed by atoms with Crippen molar-refractivity contribution in [2.75, 3.05) is 19.6 Å². The summed E-state index contributed by atoms with van der Waals surface area (Å²) in [5, 5.41) is 3.50. The number of hydrogen-bond acceptors (Lipinski definition) is 3. The van der Waals surface area contributed by atoms with Crippen molar-refractivity contribution in [2.24, 2.45) is 0 Å². The monoisotopic (exact) mass is 298 g/mol. The lowest BCUT2D eigenvalue weighted by atomic mass is 10.1. The van der Waals surface area contributed by atoms with Crippen LogP contribution in [-0.4, -0.2) is 42.3 Å². The highest BCUT2D eigenvalue weighted by molar-refractivity contribution is 5.69. The molecule has 1 saturated heterocycles. The topological polar surface area (TPSA) is 41.6 Å². The quantitative estimate of drug-likeness (QED) is 0.690. The zero-order valence-electron chi connectivity index (χ0n) is 14.4. The van der Waals surface area contributed by atoms with Crippen LogP contribution in [-0.2, 0) is 4.74 Å². The molecule has 1 rings (SSSR count). The van der Waals surface area contributed by atoms with Crippen molar-refractivity contribution >= 4 is 6.09 Å². The van der Waals surface area contributed by atoms with E-state index in [0.717, 1.165) is 32.5 Å². The molecule has 0 aromatic heterocycles. The van der Waals surface area contributed by atoms with E-state index in [1.165, 1.54) is 32.1 Å². The van der Waals surface area contributed by atoms with Gasteiger partial charge in [0.25, 0.3) is 0 Å². The first-order chi connectivity index (χ1) is 9.94. The lowest BCUT2D eigenvalue weighted by Gasteiger charge is -2.28. The smallest absolute Gasteiger partial charge is 0.410 e. The summed E-state index contributed by atoms with van der Waals surface area (Å²) in [6.07, 6.45) is 8.53. The van der Waals surface area contributed by atoms with Gasteiger partial charge in [-0.2, -0.15) is 0 Å². The van der Waals surface area contributed by atoms with Crippen LogP contribution in [0.3, 0.4) is 0 Å². The second-order valence-corrected chi connectivity index (χ2v) is 7.09. The molecule has 1 fully saturated rings. The molecule has 1 aliphatic heterocycles. The molecule has 1 aliphatic rings. The van der Waals surface area contributed by atoms with Crippen molar-refractivity contribution in [2.45, 2.75) is 84.3 Å². The summed E-state index contributed by atoms with van der Waals surface area (Å²) in [5.41, 5.74) is -0.406. The van der Waals surface area contributed by atoms with Crippen molar-refractivity contribution in [1.29, 1.82) is 0 Å². The lowest BCUT2D eigenvalue weighted by Crippen LogP contribution is -2.44. The Kier molecular flexibility index (Phi) is 8.09. The van der Waals surface area contributed by atoms with Gasteiger partial charge >= 0.3 is 6.09 Å². The number of nitrogens with one attached hydrogen (secondary N) is 1. The van der Waals surface area contributed by atoms with Crippen LogP contribution >= 0.6 is 0 Å². The third-order valence-electron chi connectivity index (χ3n) is 3.84. The van der Waals surface area contributed by atoms with Crippen LogP contribution in [0, 0.1) is 0 Å². The Morgan fingerprint density at radius 1 is 1.24 bits per heavy atom. The van der Waals surface area contributed by atoms with Gasteiger partial charge in [-0.1, -0.05) is 32.6 Å². The number of unbranched alkanes of at least 4 members (excludes halogenated alkanes) is 4. The van der Waals surface area contributed by atoms with Gasteiger partial charge < -0.3 is 15.0 Å². The van der Waals surface area contributed by atoms with Gasteiger partial charge in [0.1, 0.15) is 5.60 Å². The molecule has 21 heavy (non-hydrogen) atoms. The standard InChI is InChI=1S/C17H34N2O2/c1-5-6-7-8-9-12-18-14-15-11-10-13-19(15)16(20)21-17(2,3)4/h15,18H,5-14H2,1-4H3. The van der Waals surface area contributed by atoms with Crippen LogP contribution in [0.4, 0.5) is 4.79 Å². The van der Waals surface area contributed by atoms with E-state index < -0.39 is 5.60 Å². The Morgan fingerprint density at radius 3 is 2.62 bits per heavy atom. The van der Waals surface area contributed by atoms with Gasteiger partial charge in [-0.15, -0.1) is 0 Å². The van der Waals surface area contributed by atoms with Crippen molar-refractivity contribution < 1.29 is 9.53 Å². The van der Waals surface area contributed by atoms with Gasteiger partial charge in [0, 0.05) is 19.1 Å². The molecule has 0 saturated carbocycles. The molecular weight excluding hydrogens is 264 g/mol. The minimum atomic E-state index is -0.406. The number of ether oxygens (including phenoxy) is 1. The highest BCUT2D eigenvalue weighted by Crippen LogP contribution is 2.20. The van der Waals surface area contributed by atoms with Gasteiger partial charge in [-0.05, 0) is 46.6 Å². The van der Waals surface area contributed by atoms with Gasteiger partial charge in [-0.25, -0.2) is 4.79 Å². The second kappa shape index (κ2) is 9.29. The van der Waals surface area contributed by atoms with Gasteiger partial charge in [0.2, 0.25) is 0 Å². The molecule has 0 aliphatic carbocycles. The summed E-state index contributed by atoms with van der Waals surface area (Å²) in [6.45, 7) is 10.8. The van der Waals surface area contributed by atoms with E-state index in [4.69, 9.17) is 4.74 Å². The number of nitrogens with zero attached hydrogens (tertiary/aromatic N) is 1. The zero-order valence-corrected chi connectivity index (χ0v) is 14.4. The largest absolute Gasteiger partial charge is 0.444 e. The van der Waals surface area contributed by atoms with Crippen LogP contribution in [0.2, 0.25) is 0 Å². The third-order valence-corrected chi connectivity index (χ3v) is 3.84. The molecule has 124 valence electrons. The van der Waals surface area contributed by atoms with Crippen LogP contribution in [0.15, 0.2) is 0 Å². The van der Waals surface area contributed by atoms with Crippen molar-refractivity contribution in [3.05, 3.63) is 0 Å². The third kappa shape index (κ3) is 7.70. The molecule has 1 N–H and O–H groups in total. The van der Waals surface area contributed by atoms with Crippen LogP contribution in [0.25, 0.3) is 0 Å². The van der Waals surface area contributed by atoms with Gasteiger partial charge in [0.05, 0.1) is 0 Å². The molecule has 0 radical (unpaired) electrons. The summed E-state index contributed by atoms with van der Waals surface area (Å²) < 4.78 is 5.48. The van der Waals surface area contributed by atoms with E-state index in [9.17, 15) is 4.79 Å². The maximum absolute atomic E-state index is 12.2. The molecule has 4 heteroatoms. The first-order valence-electron chi connectivity index (χ1n) is 8.64. The number of carbonyl (C=O) groups is 1. The predicted octanol–water partition coefficient (Wildman–Crippen LogP) is 3.95. The van der Waals surface area contributed by atoms with E-state index >= 15 is 0 Å². The number of likely N-dealkylation sites (tertiary alicyclic amines) is 1. The highest BCUT2D eigenvalue weighted by Gasteiger charge is 2.31. The fourth-order valence-electron chi connectivity index (χ4n) is 2.73. The van der Waals surface area contributed by atoms with Crippen molar-refractivity contribution in [3.63, 3.8) is 0 Å². The first kappa shape index (κ1) is 18.3. The van der Waals surface area contributed by atoms with Gasteiger partial charge in [-0.3, -0.25) is 0 Å². The Bertz CT molecular complexity index is 300. The minimum Gasteiger partial charge on any atom is -0.444 e. The number of hydrogen-bond donors (Lipinski definition) is 1. The molecule has 1 amide bonds. The molecule has 1 atom stereocenters. The molecule has 0 aromatic rings. The second-order valence-electron chi connectivity index (χ2n) is 7.09. The van der Waals surface area contributed by atoms with E-state index in [-0.39, 0.29) is 6.09 Å². The fraction of sp³-hybridized carbons (Fsp3) is 0.941. The molecular formula is C17H34N2O2. The molecule has 1 heterocycles. The summed E-state index contributed by atoms with van der Waals surface area (Å²) in [4.78, 5) is 14.1. The average Bonchev–Trinajstić information content (AvgIpc) is 2.84. The molecule has 0 spiro atoms. The summed E-state index contributed by atoms with van der Waals surface area (Å²) in [5.74, 6) is 0. The predicted molar refractivity (Wildman–Crippen MR) is 87.6 cm³/mol. The molecule has 0 bridgehead atoms. The molecule has 0 aromatic carbocycles. The Labute approximate surface area is 130 Å². The van der Waals surface area contributed by atoms with E-state index in [1.807, 2.05) is 25.7 Å². The zero-order chi connectivity index (χ0) is 15.7. The number of amides is 1. The van der Waals surface area contributed by atoms with E-state index in [0.29, 0.717) is 6.04 Å². The van der Waals surface area contributed by atoms with Crippen LogP contribution < -0.4 is 5.32 Å². The van der Waals surface area contributed by atoms with E-state index in [1.54, 1.807) is 0 Å². The molecule has 4 nitrogen and oxygen atoms in total. The summed E-state index contributed by atoms with van der Waals surface area (Å²) in [6, 6.07) is 0.301. The maximum atomic E-state index is 12.2. The SMILES string of the molecule is CCCCCCCNCC1CCCN1C(=O)OC(C)(C)C.